The molecule has 0 saturated heterocycles. The van der Waals surface area contributed by atoms with Gasteiger partial charge in [0.15, 0.2) is 0 Å². The normalized spacial score (nSPS) is 15.9. The van der Waals surface area contributed by atoms with E-state index in [1.807, 2.05) is 13.0 Å². The number of hydrogen-bond acceptors (Lipinski definition) is 3. The Balaban J connectivity index is 2.23. The summed E-state index contributed by atoms with van der Waals surface area (Å²) in [5.41, 5.74) is 0. The van der Waals surface area contributed by atoms with E-state index in [0.717, 1.165) is 19.1 Å². The van der Waals surface area contributed by atoms with Crippen molar-refractivity contribution in [3.05, 3.63) is 12.2 Å². The van der Waals surface area contributed by atoms with Gasteiger partial charge in [-0.3, -0.25) is 4.90 Å². The molecule has 1 fully saturated rings. The van der Waals surface area contributed by atoms with Crippen molar-refractivity contribution >= 4 is 5.97 Å². The van der Waals surface area contributed by atoms with Crippen LogP contribution < -0.4 is 0 Å². The fraction of sp³-hybridized carbons (Fsp3) is 0.769. The van der Waals surface area contributed by atoms with Crippen molar-refractivity contribution in [3.8, 4) is 0 Å². The summed E-state index contributed by atoms with van der Waals surface area (Å²) in [6.45, 7) is 6.51. The fourth-order valence-corrected chi connectivity index (χ4v) is 1.70. The zero-order chi connectivity index (χ0) is 11.8. The van der Waals surface area contributed by atoms with Crippen LogP contribution in [0.15, 0.2) is 12.2 Å². The van der Waals surface area contributed by atoms with E-state index in [9.17, 15) is 4.79 Å². The van der Waals surface area contributed by atoms with Gasteiger partial charge in [0.2, 0.25) is 0 Å². The van der Waals surface area contributed by atoms with Crippen LogP contribution in [0.25, 0.3) is 0 Å². The van der Waals surface area contributed by atoms with Gasteiger partial charge in [-0.1, -0.05) is 19.4 Å². The minimum atomic E-state index is -0.228. The first-order chi connectivity index (χ1) is 7.77. The molecule has 1 aliphatic carbocycles. The molecule has 92 valence electrons. The maximum Gasteiger partial charge on any atom is 0.330 e. The summed E-state index contributed by atoms with van der Waals surface area (Å²) in [6, 6.07) is 0.762. The molecule has 0 aromatic carbocycles. The summed E-state index contributed by atoms with van der Waals surface area (Å²) in [7, 11) is 0. The Bertz CT molecular complexity index is 234. The third-order valence-electron chi connectivity index (χ3n) is 2.74. The molecule has 1 saturated carbocycles. The zero-order valence-electron chi connectivity index (χ0n) is 10.4. The number of ether oxygens (including phenoxy) is 1. The molecule has 3 nitrogen and oxygen atoms in total. The third-order valence-corrected chi connectivity index (χ3v) is 2.74. The van der Waals surface area contributed by atoms with Gasteiger partial charge in [0, 0.05) is 18.7 Å². The molecule has 1 aliphatic rings. The maximum absolute atomic E-state index is 11.1. The smallest absolute Gasteiger partial charge is 0.330 e. The average molecular weight is 225 g/mol. The molecule has 16 heavy (non-hydrogen) atoms. The highest BCUT2D eigenvalue weighted by Gasteiger charge is 2.27. The Labute approximate surface area is 98.5 Å². The van der Waals surface area contributed by atoms with Crippen molar-refractivity contribution in [3.63, 3.8) is 0 Å². The van der Waals surface area contributed by atoms with Crippen molar-refractivity contribution in [1.82, 2.24) is 4.90 Å². The third kappa shape index (κ3) is 5.31. The van der Waals surface area contributed by atoms with E-state index < -0.39 is 0 Å². The molecule has 3 heteroatoms. The number of carbonyl (C=O) groups excluding carboxylic acids is 1. The molecule has 0 atom stereocenters. The molecule has 0 radical (unpaired) electrons. The van der Waals surface area contributed by atoms with Crippen molar-refractivity contribution in [2.45, 2.75) is 45.6 Å². The number of esters is 1. The van der Waals surface area contributed by atoms with Crippen molar-refractivity contribution < 1.29 is 9.53 Å². The van der Waals surface area contributed by atoms with E-state index >= 15 is 0 Å². The van der Waals surface area contributed by atoms with Crippen molar-refractivity contribution in [1.29, 1.82) is 0 Å². The van der Waals surface area contributed by atoms with Gasteiger partial charge >= 0.3 is 5.97 Å². The standard InChI is InChI=1S/C13H23NO2/c1-3-5-10-14(12-8-9-12)11-6-7-13(15)16-4-2/h6-7,12H,3-5,8-11H2,1-2H3/b7-6+. The van der Waals surface area contributed by atoms with Crippen LogP contribution in [0.5, 0.6) is 0 Å². The molecule has 0 aromatic rings. The predicted molar refractivity (Wildman–Crippen MR) is 65.3 cm³/mol. The van der Waals surface area contributed by atoms with Crippen LogP contribution in [0.1, 0.15) is 39.5 Å². The SMILES string of the molecule is CCCCN(C/C=C/C(=O)OCC)C1CC1. The molecule has 1 rings (SSSR count). The Hall–Kier alpha value is -0.830. The van der Waals surface area contributed by atoms with Gasteiger partial charge in [-0.15, -0.1) is 0 Å². The molecule has 0 aliphatic heterocycles. The highest BCUT2D eigenvalue weighted by atomic mass is 16.5. The number of nitrogens with zero attached hydrogens (tertiary/aromatic N) is 1. The van der Waals surface area contributed by atoms with Gasteiger partial charge in [0.05, 0.1) is 6.61 Å². The van der Waals surface area contributed by atoms with Gasteiger partial charge < -0.3 is 4.74 Å². The Kier molecular flexibility index (Phi) is 6.16. The van der Waals surface area contributed by atoms with Crippen LogP contribution in [0, 0.1) is 0 Å². The van der Waals surface area contributed by atoms with Gasteiger partial charge in [-0.25, -0.2) is 4.79 Å². The number of carbonyl (C=O) groups is 1. The van der Waals surface area contributed by atoms with Gasteiger partial charge in [-0.2, -0.15) is 0 Å². The van der Waals surface area contributed by atoms with Gasteiger partial charge in [-0.05, 0) is 32.7 Å². The number of unbranched alkanes of at least 4 members (excludes halogenated alkanes) is 1. The lowest BCUT2D eigenvalue weighted by atomic mass is 10.3. The Morgan fingerprint density at radius 2 is 2.19 bits per heavy atom. The largest absolute Gasteiger partial charge is 0.463 e. The topological polar surface area (TPSA) is 29.5 Å². The van der Waals surface area contributed by atoms with Gasteiger partial charge in [0.1, 0.15) is 0 Å². The predicted octanol–water partition coefficient (Wildman–Crippen LogP) is 2.37. The molecule has 0 N–H and O–H groups in total. The maximum atomic E-state index is 11.1. The van der Waals surface area contributed by atoms with E-state index in [1.54, 1.807) is 6.08 Å². The van der Waals surface area contributed by atoms with E-state index in [2.05, 4.69) is 11.8 Å². The average Bonchev–Trinajstić information content (AvgIpc) is 3.07. The van der Waals surface area contributed by atoms with Crippen LogP contribution in [0.2, 0.25) is 0 Å². The fourth-order valence-electron chi connectivity index (χ4n) is 1.70. The second kappa shape index (κ2) is 7.44. The molecule has 0 heterocycles. The molecule has 0 spiro atoms. The summed E-state index contributed by atoms with van der Waals surface area (Å²) >= 11 is 0. The first kappa shape index (κ1) is 13.2. The minimum absolute atomic E-state index is 0.228. The van der Waals surface area contributed by atoms with Crippen LogP contribution in [-0.2, 0) is 9.53 Å². The lowest BCUT2D eigenvalue weighted by molar-refractivity contribution is -0.137. The summed E-state index contributed by atoms with van der Waals surface area (Å²) in [5.74, 6) is -0.228. The second-order valence-electron chi connectivity index (χ2n) is 4.23. The summed E-state index contributed by atoms with van der Waals surface area (Å²) < 4.78 is 4.84. The molecule has 0 bridgehead atoms. The highest BCUT2D eigenvalue weighted by Crippen LogP contribution is 2.26. The number of rotatable bonds is 8. The second-order valence-corrected chi connectivity index (χ2v) is 4.23. The summed E-state index contributed by atoms with van der Waals surface area (Å²) in [5, 5.41) is 0. The summed E-state index contributed by atoms with van der Waals surface area (Å²) in [6.07, 6.45) is 8.57. The lowest BCUT2D eigenvalue weighted by Gasteiger charge is -2.19. The molecule has 0 amide bonds. The first-order valence-corrected chi connectivity index (χ1v) is 6.35. The van der Waals surface area contributed by atoms with E-state index in [1.165, 1.54) is 25.7 Å². The van der Waals surface area contributed by atoms with Crippen molar-refractivity contribution in [2.75, 3.05) is 19.7 Å². The zero-order valence-corrected chi connectivity index (χ0v) is 10.4. The molecule has 0 aromatic heterocycles. The Morgan fingerprint density at radius 3 is 2.75 bits per heavy atom. The highest BCUT2D eigenvalue weighted by molar-refractivity contribution is 5.81. The van der Waals surface area contributed by atoms with E-state index in [-0.39, 0.29) is 5.97 Å². The van der Waals surface area contributed by atoms with E-state index in [0.29, 0.717) is 6.61 Å². The monoisotopic (exact) mass is 225 g/mol. The lowest BCUT2D eigenvalue weighted by Crippen LogP contribution is -2.27. The Morgan fingerprint density at radius 1 is 1.44 bits per heavy atom. The quantitative estimate of drug-likeness (QED) is 0.469. The van der Waals surface area contributed by atoms with Crippen LogP contribution in [0.3, 0.4) is 0 Å². The molecule has 0 unspecified atom stereocenters. The molecular formula is C13H23NO2. The van der Waals surface area contributed by atoms with E-state index in [4.69, 9.17) is 4.74 Å². The van der Waals surface area contributed by atoms with Crippen LogP contribution in [-0.4, -0.2) is 36.6 Å². The molecular weight excluding hydrogens is 202 g/mol. The minimum Gasteiger partial charge on any atom is -0.463 e. The first-order valence-electron chi connectivity index (χ1n) is 6.35. The number of hydrogen-bond donors (Lipinski definition) is 0. The van der Waals surface area contributed by atoms with Crippen LogP contribution >= 0.6 is 0 Å². The van der Waals surface area contributed by atoms with Gasteiger partial charge in [0.25, 0.3) is 0 Å². The van der Waals surface area contributed by atoms with Crippen LogP contribution in [0.4, 0.5) is 0 Å². The summed E-state index contributed by atoms with van der Waals surface area (Å²) in [4.78, 5) is 13.6. The van der Waals surface area contributed by atoms with Crippen molar-refractivity contribution in [2.24, 2.45) is 0 Å².